The van der Waals surface area contributed by atoms with Gasteiger partial charge in [-0.15, -0.1) is 0 Å². The molecule has 0 N–H and O–H groups in total. The molecule has 0 aliphatic carbocycles. The van der Waals surface area contributed by atoms with Crippen LogP contribution in [0.5, 0.6) is 0 Å². The third-order valence-corrected chi connectivity index (χ3v) is 9.15. The van der Waals surface area contributed by atoms with Gasteiger partial charge >= 0.3 is 0 Å². The summed E-state index contributed by atoms with van der Waals surface area (Å²) >= 11 is 0. The van der Waals surface area contributed by atoms with Crippen molar-refractivity contribution in [3.05, 3.63) is 194 Å². The number of hydrogen-bond donors (Lipinski definition) is 0. The second kappa shape index (κ2) is 12.0. The minimum atomic E-state index is -0.689. The van der Waals surface area contributed by atoms with Crippen molar-refractivity contribution < 1.29 is 25.0 Å². The van der Waals surface area contributed by atoms with E-state index in [4.69, 9.17) is 22.2 Å². The molecule has 238 valence electrons. The molecule has 1 heteroatoms. The summed E-state index contributed by atoms with van der Waals surface area (Å²) in [6, 6.07) is 23.7. The van der Waals surface area contributed by atoms with Crippen molar-refractivity contribution in [1.82, 2.24) is 0 Å². The van der Waals surface area contributed by atoms with Gasteiger partial charge in [-0.25, -0.2) is 0 Å². The van der Waals surface area contributed by atoms with E-state index in [9.17, 15) is 2.74 Å². The zero-order chi connectivity index (χ0) is 46.8. The molecule has 0 aliphatic rings. The summed E-state index contributed by atoms with van der Waals surface area (Å²) in [6.45, 7) is 0. The van der Waals surface area contributed by atoms with Gasteiger partial charge in [-0.3, -0.25) is 0 Å². The quantitative estimate of drug-likeness (QED) is 0.167. The van der Waals surface area contributed by atoms with Crippen LogP contribution in [0.2, 0.25) is 0 Å². The van der Waals surface area contributed by atoms with E-state index in [-0.39, 0.29) is 68.8 Å². The van der Waals surface area contributed by atoms with Crippen molar-refractivity contribution in [2.45, 2.75) is 0 Å². The van der Waals surface area contributed by atoms with Crippen LogP contribution in [0.3, 0.4) is 0 Å². The molecule has 10 aromatic rings. The zero-order valence-electron chi connectivity index (χ0n) is 41.7. The molecule has 0 aliphatic heterocycles. The lowest BCUT2D eigenvalue weighted by atomic mass is 9.84. The van der Waals surface area contributed by atoms with Crippen LogP contribution in [-0.4, -0.2) is 0 Å². The Morgan fingerprint density at radius 1 is 0.333 bits per heavy atom. The highest BCUT2D eigenvalue weighted by Gasteiger charge is 2.20. The van der Waals surface area contributed by atoms with Gasteiger partial charge in [-0.1, -0.05) is 176 Å². The molecular formula is C50H32O. The first-order valence-corrected chi connectivity index (χ1v) is 16.3. The maximum absolute atomic E-state index is 9.59. The van der Waals surface area contributed by atoms with E-state index >= 15 is 0 Å². The largest absolute Gasteiger partial charge is 0.456 e. The molecule has 1 aromatic heterocycles. The standard InChI is InChI=1S/C50H32O/c1-3-12-33(13-4-1)35-22-24-36(25-23-35)37-26-28-38(29-27-37)48-40-16-7-9-18-42(40)49(43-19-10-8-17-41(43)48)44-20-11-21-47-50(44)45-32-39(30-31-46(45)51-47)34-14-5-2-6-15-34/h1-32H/i2D,5D,6D,11D,14D,15D,20D,21D,22D,23D,24D,25D,30D,31D,32D. The topological polar surface area (TPSA) is 13.1 Å². The van der Waals surface area contributed by atoms with Crippen molar-refractivity contribution in [3.63, 3.8) is 0 Å². The van der Waals surface area contributed by atoms with Crippen LogP contribution in [0.15, 0.2) is 198 Å². The minimum Gasteiger partial charge on any atom is -0.456 e. The number of furan rings is 1. The Kier molecular flexibility index (Phi) is 4.19. The van der Waals surface area contributed by atoms with Crippen molar-refractivity contribution in [2.75, 3.05) is 0 Å². The van der Waals surface area contributed by atoms with E-state index in [1.165, 1.54) is 0 Å². The SMILES string of the molecule is [2H]c1c([2H])c([2H])c(-c2c([2H])c([2H])c3oc4c([2H])c([2H])c([2H])c(-c5c6ccccc6c(-c6ccc(-c7c([2H])c([2H])c(-c8ccccc8)c([2H])c7[2H])cc6)c6ccccc56)c4c3c2[2H])c([2H])c1[2H]. The third-order valence-electron chi connectivity index (χ3n) is 9.15. The maximum atomic E-state index is 9.59. The Morgan fingerprint density at radius 3 is 1.51 bits per heavy atom. The highest BCUT2D eigenvalue weighted by atomic mass is 16.3. The smallest absolute Gasteiger partial charge is 0.136 e. The summed E-state index contributed by atoms with van der Waals surface area (Å²) < 4.78 is 139. The highest BCUT2D eigenvalue weighted by Crippen LogP contribution is 2.47. The fourth-order valence-electron chi connectivity index (χ4n) is 6.86. The fourth-order valence-corrected chi connectivity index (χ4v) is 6.86. The Morgan fingerprint density at radius 2 is 0.863 bits per heavy atom. The molecule has 0 radical (unpaired) electrons. The van der Waals surface area contributed by atoms with Gasteiger partial charge in [-0.05, 0) is 95.3 Å². The molecule has 0 spiro atoms. The fraction of sp³-hybridized carbons (Fsp3) is 0. The molecule has 1 heterocycles. The van der Waals surface area contributed by atoms with E-state index in [2.05, 4.69) is 0 Å². The first-order chi connectivity index (χ1) is 31.6. The highest BCUT2D eigenvalue weighted by molar-refractivity contribution is 6.25. The number of fused-ring (bicyclic) bond motifs is 5. The predicted octanol–water partition coefficient (Wildman–Crippen LogP) is 14.2. The van der Waals surface area contributed by atoms with Crippen LogP contribution >= 0.6 is 0 Å². The summed E-state index contributed by atoms with van der Waals surface area (Å²) in [4.78, 5) is 0. The molecule has 0 saturated heterocycles. The van der Waals surface area contributed by atoms with Gasteiger partial charge in [0, 0.05) is 10.8 Å². The average molecular weight is 664 g/mol. The lowest BCUT2D eigenvalue weighted by molar-refractivity contribution is 0.669. The summed E-state index contributed by atoms with van der Waals surface area (Å²) in [5, 5.41) is 2.52. The summed E-state index contributed by atoms with van der Waals surface area (Å²) in [5.74, 6) is 0. The molecule has 0 saturated carbocycles. The molecule has 51 heavy (non-hydrogen) atoms. The normalized spacial score (nSPS) is 15.6. The van der Waals surface area contributed by atoms with Crippen LogP contribution in [0.25, 0.3) is 99.1 Å². The molecular weight excluding hydrogens is 617 g/mol. The van der Waals surface area contributed by atoms with Crippen LogP contribution in [0.1, 0.15) is 20.6 Å². The molecule has 0 atom stereocenters. The second-order valence-corrected chi connectivity index (χ2v) is 12.0. The summed E-state index contributed by atoms with van der Waals surface area (Å²) in [6.07, 6.45) is 0. The van der Waals surface area contributed by atoms with Gasteiger partial charge < -0.3 is 4.42 Å². The molecule has 0 fully saturated rings. The first-order valence-electron chi connectivity index (χ1n) is 23.8. The summed E-state index contributed by atoms with van der Waals surface area (Å²) in [7, 11) is 0. The number of rotatable bonds is 5. The van der Waals surface area contributed by atoms with Crippen LogP contribution in [-0.2, 0) is 0 Å². The number of benzene rings is 9. The van der Waals surface area contributed by atoms with Crippen molar-refractivity contribution in [1.29, 1.82) is 0 Å². The monoisotopic (exact) mass is 663 g/mol. The van der Waals surface area contributed by atoms with E-state index in [0.29, 0.717) is 38.2 Å². The second-order valence-electron chi connectivity index (χ2n) is 12.0. The number of hydrogen-bond acceptors (Lipinski definition) is 1. The predicted molar refractivity (Wildman–Crippen MR) is 216 cm³/mol. The van der Waals surface area contributed by atoms with Crippen LogP contribution in [0, 0.1) is 0 Å². The first kappa shape index (κ1) is 17.8. The zero-order valence-corrected chi connectivity index (χ0v) is 26.7. The molecule has 1 nitrogen and oxygen atoms in total. The van der Waals surface area contributed by atoms with Crippen molar-refractivity contribution >= 4 is 43.5 Å². The molecule has 0 amide bonds. The van der Waals surface area contributed by atoms with E-state index in [1.54, 1.807) is 36.4 Å². The van der Waals surface area contributed by atoms with Gasteiger partial charge in [0.25, 0.3) is 0 Å². The molecule has 10 rings (SSSR count). The van der Waals surface area contributed by atoms with Gasteiger partial charge in [0.1, 0.15) is 11.2 Å². The van der Waals surface area contributed by atoms with Gasteiger partial charge in [-0.2, -0.15) is 0 Å². The van der Waals surface area contributed by atoms with Crippen LogP contribution in [0.4, 0.5) is 0 Å². The Bertz CT molecular complexity index is 3630. The minimum absolute atomic E-state index is 0.0220. The van der Waals surface area contributed by atoms with Gasteiger partial charge in [0.2, 0.25) is 0 Å². The van der Waals surface area contributed by atoms with E-state index in [1.807, 2.05) is 66.7 Å². The van der Waals surface area contributed by atoms with Gasteiger partial charge in [0.15, 0.2) is 0 Å². The van der Waals surface area contributed by atoms with Crippen molar-refractivity contribution in [2.24, 2.45) is 0 Å². The molecule has 0 unspecified atom stereocenters. The maximum Gasteiger partial charge on any atom is 0.136 e. The van der Waals surface area contributed by atoms with E-state index < -0.39 is 71.6 Å². The Labute approximate surface area is 317 Å². The van der Waals surface area contributed by atoms with Crippen LogP contribution < -0.4 is 0 Å². The van der Waals surface area contributed by atoms with Crippen molar-refractivity contribution in [3.8, 4) is 55.6 Å². The van der Waals surface area contributed by atoms with E-state index in [0.717, 1.165) is 11.1 Å². The van der Waals surface area contributed by atoms with Gasteiger partial charge in [0.05, 0.1) is 20.6 Å². The Balaban J connectivity index is 1.25. The average Bonchev–Trinajstić information content (AvgIpc) is 3.73. The molecule has 0 bridgehead atoms. The summed E-state index contributed by atoms with van der Waals surface area (Å²) in [5.41, 5.74) is 2.09. The molecule has 9 aromatic carbocycles. The Hall–Kier alpha value is -6.70. The lowest BCUT2D eigenvalue weighted by Gasteiger charge is -2.18. The lowest BCUT2D eigenvalue weighted by Crippen LogP contribution is -1.91. The third kappa shape index (κ3) is 4.94.